The SMILES string of the molecule is CC/C=C\C/C=C\C/C=C\C/C=C\C/C=C\CCCC(=O)OC[C@H](CO[C@@H]1O[C@H](CO[C@H]2O[C@H](CO)[C@H](O)[C@H](O)[C@H]2O)[C@H](O)[C@H](O)[C@H]1O)OC(=O)CCCCCCCCCCCCCCC. The first-order chi connectivity index (χ1) is 32.0. The predicted molar refractivity (Wildman–Crippen MR) is 252 cm³/mol. The summed E-state index contributed by atoms with van der Waals surface area (Å²) in [6.07, 6.45) is 25.4. The first-order valence-electron chi connectivity index (χ1n) is 24.9. The summed E-state index contributed by atoms with van der Waals surface area (Å²) >= 11 is 0. The second-order valence-corrected chi connectivity index (χ2v) is 17.3. The average Bonchev–Trinajstić information content (AvgIpc) is 3.31. The van der Waals surface area contributed by atoms with Crippen LogP contribution in [0.1, 0.15) is 155 Å². The van der Waals surface area contributed by atoms with Crippen LogP contribution in [0, 0.1) is 0 Å². The number of allylic oxidation sites excluding steroid dienone is 10. The Kier molecular flexibility index (Phi) is 34.2. The minimum absolute atomic E-state index is 0.138. The molecule has 66 heavy (non-hydrogen) atoms. The van der Waals surface area contributed by atoms with Gasteiger partial charge in [-0.1, -0.05) is 152 Å². The Hall–Kier alpha value is -2.80. The van der Waals surface area contributed by atoms with Crippen LogP contribution in [0.3, 0.4) is 0 Å². The molecule has 15 nitrogen and oxygen atoms in total. The van der Waals surface area contributed by atoms with Gasteiger partial charge in [0.2, 0.25) is 0 Å². The number of aliphatic hydroxyl groups excluding tert-OH is 7. The number of hydrogen-bond donors (Lipinski definition) is 7. The fourth-order valence-electron chi connectivity index (χ4n) is 7.43. The maximum atomic E-state index is 13.0. The molecule has 0 bridgehead atoms. The second kappa shape index (κ2) is 38.1. The zero-order chi connectivity index (χ0) is 48.2. The van der Waals surface area contributed by atoms with E-state index in [1.54, 1.807) is 0 Å². The lowest BCUT2D eigenvalue weighted by Gasteiger charge is -2.42. The molecule has 2 heterocycles. The summed E-state index contributed by atoms with van der Waals surface area (Å²) in [5, 5.41) is 72.0. The Morgan fingerprint density at radius 3 is 1.48 bits per heavy atom. The lowest BCUT2D eigenvalue weighted by Crippen LogP contribution is -2.61. The molecular weight excluding hydrogens is 853 g/mol. The fourth-order valence-corrected chi connectivity index (χ4v) is 7.43. The summed E-state index contributed by atoms with van der Waals surface area (Å²) in [4.78, 5) is 25.7. The first kappa shape index (κ1) is 59.3. The highest BCUT2D eigenvalue weighted by Crippen LogP contribution is 2.26. The lowest BCUT2D eigenvalue weighted by atomic mass is 9.98. The van der Waals surface area contributed by atoms with Crippen molar-refractivity contribution < 1.29 is 73.8 Å². The second-order valence-electron chi connectivity index (χ2n) is 17.3. The van der Waals surface area contributed by atoms with Crippen molar-refractivity contribution in [2.24, 2.45) is 0 Å². The molecule has 2 saturated heterocycles. The van der Waals surface area contributed by atoms with Gasteiger partial charge in [0.25, 0.3) is 0 Å². The number of carbonyl (C=O) groups excluding carboxylic acids is 2. The Morgan fingerprint density at radius 1 is 0.500 bits per heavy atom. The zero-order valence-electron chi connectivity index (χ0n) is 39.9. The molecule has 0 amide bonds. The molecule has 2 fully saturated rings. The van der Waals surface area contributed by atoms with Gasteiger partial charge < -0.3 is 64.2 Å². The Bertz CT molecular complexity index is 1380. The molecule has 0 saturated carbocycles. The van der Waals surface area contributed by atoms with Gasteiger partial charge in [-0.05, 0) is 51.4 Å². The van der Waals surface area contributed by atoms with Crippen LogP contribution in [0.5, 0.6) is 0 Å². The topological polar surface area (TPSA) is 231 Å². The summed E-state index contributed by atoms with van der Waals surface area (Å²) in [6.45, 7) is 2.40. The number of hydrogen-bond acceptors (Lipinski definition) is 15. The van der Waals surface area contributed by atoms with Crippen LogP contribution in [0.4, 0.5) is 0 Å². The smallest absolute Gasteiger partial charge is 0.306 e. The number of rotatable bonds is 37. The molecule has 0 aromatic carbocycles. The molecule has 0 radical (unpaired) electrons. The van der Waals surface area contributed by atoms with E-state index < -0.39 is 99.3 Å². The number of carbonyl (C=O) groups is 2. The monoisotopic (exact) mass is 939 g/mol. The molecule has 0 spiro atoms. The highest BCUT2D eigenvalue weighted by Gasteiger charge is 2.47. The standard InChI is InChI=1S/C51H86O15/c1-3-5-7-9-11-13-15-17-18-19-20-22-23-25-27-29-31-33-42(53)61-36-39(64-43(54)34-32-30-28-26-24-21-16-14-12-10-8-6-4-2)37-62-50-49(60)47(58)45(56)41(66-50)38-63-51-48(59)46(57)44(55)40(35-52)65-51/h5,7,11,13,17-18,20,22,25,27,39-41,44-52,55-60H,3-4,6,8-10,12,14-16,19,21,23-24,26,28-38H2,1-2H3/b7-5-,13-11-,18-17-,22-20-,27-25-/t39-,40-,41-,44+,45+,46+,47+,48-,49-,50-,51+/m1/s1. The van der Waals surface area contributed by atoms with Crippen LogP contribution >= 0.6 is 0 Å². The van der Waals surface area contributed by atoms with Crippen molar-refractivity contribution in [3.63, 3.8) is 0 Å². The van der Waals surface area contributed by atoms with Crippen molar-refractivity contribution >= 4 is 11.9 Å². The van der Waals surface area contributed by atoms with Crippen molar-refractivity contribution in [3.8, 4) is 0 Å². The van der Waals surface area contributed by atoms with Gasteiger partial charge in [-0.2, -0.15) is 0 Å². The summed E-state index contributed by atoms with van der Waals surface area (Å²) in [5.74, 6) is -0.995. The van der Waals surface area contributed by atoms with E-state index in [-0.39, 0.29) is 19.4 Å². The highest BCUT2D eigenvalue weighted by molar-refractivity contribution is 5.70. The molecular formula is C51H86O15. The van der Waals surface area contributed by atoms with Gasteiger partial charge in [0.15, 0.2) is 18.7 Å². The quantitative estimate of drug-likeness (QED) is 0.0201. The van der Waals surface area contributed by atoms with Crippen LogP contribution in [0.25, 0.3) is 0 Å². The van der Waals surface area contributed by atoms with Gasteiger partial charge >= 0.3 is 11.9 Å². The Labute approximate surface area is 394 Å². The van der Waals surface area contributed by atoms with Crippen LogP contribution < -0.4 is 0 Å². The van der Waals surface area contributed by atoms with E-state index in [9.17, 15) is 45.3 Å². The molecule has 0 aromatic rings. The predicted octanol–water partition coefficient (Wildman–Crippen LogP) is 6.49. The molecule has 380 valence electrons. The van der Waals surface area contributed by atoms with E-state index in [0.29, 0.717) is 19.3 Å². The van der Waals surface area contributed by atoms with Crippen molar-refractivity contribution in [1.82, 2.24) is 0 Å². The van der Waals surface area contributed by atoms with Gasteiger partial charge in [-0.3, -0.25) is 9.59 Å². The maximum Gasteiger partial charge on any atom is 0.306 e. The number of esters is 2. The van der Waals surface area contributed by atoms with Crippen molar-refractivity contribution in [1.29, 1.82) is 0 Å². The van der Waals surface area contributed by atoms with Crippen molar-refractivity contribution in [2.75, 3.05) is 26.4 Å². The van der Waals surface area contributed by atoms with Gasteiger partial charge in [0.1, 0.15) is 55.4 Å². The van der Waals surface area contributed by atoms with Crippen LogP contribution in [0.2, 0.25) is 0 Å². The summed E-state index contributed by atoms with van der Waals surface area (Å²) in [6, 6.07) is 0. The summed E-state index contributed by atoms with van der Waals surface area (Å²) < 4.78 is 33.5. The van der Waals surface area contributed by atoms with Gasteiger partial charge in [0.05, 0.1) is 19.8 Å². The molecule has 0 aromatic heterocycles. The summed E-state index contributed by atoms with van der Waals surface area (Å²) in [7, 11) is 0. The molecule has 2 rings (SSSR count). The van der Waals surface area contributed by atoms with Gasteiger partial charge in [0, 0.05) is 12.8 Å². The highest BCUT2D eigenvalue weighted by atomic mass is 16.7. The minimum atomic E-state index is -1.77. The summed E-state index contributed by atoms with van der Waals surface area (Å²) in [5.41, 5.74) is 0. The Morgan fingerprint density at radius 2 is 0.955 bits per heavy atom. The molecule has 0 aliphatic carbocycles. The molecule has 2 aliphatic heterocycles. The van der Waals surface area contributed by atoms with E-state index >= 15 is 0 Å². The zero-order valence-corrected chi connectivity index (χ0v) is 39.9. The minimum Gasteiger partial charge on any atom is -0.462 e. The van der Waals surface area contributed by atoms with Crippen LogP contribution in [-0.4, -0.2) is 142 Å². The lowest BCUT2D eigenvalue weighted by molar-refractivity contribution is -0.332. The largest absolute Gasteiger partial charge is 0.462 e. The molecule has 0 unspecified atom stereocenters. The molecule has 2 aliphatic rings. The molecule has 11 atom stereocenters. The van der Waals surface area contributed by atoms with E-state index in [2.05, 4.69) is 62.5 Å². The third-order valence-electron chi connectivity index (χ3n) is 11.5. The molecule has 7 N–H and O–H groups in total. The third kappa shape index (κ3) is 26.1. The number of unbranched alkanes of at least 4 members (excludes halogenated alkanes) is 13. The van der Waals surface area contributed by atoms with E-state index in [1.165, 1.54) is 57.8 Å². The average molecular weight is 939 g/mol. The van der Waals surface area contributed by atoms with Gasteiger partial charge in [-0.15, -0.1) is 0 Å². The Balaban J connectivity index is 1.85. The van der Waals surface area contributed by atoms with E-state index in [1.807, 2.05) is 12.2 Å². The van der Waals surface area contributed by atoms with Crippen molar-refractivity contribution in [3.05, 3.63) is 60.8 Å². The van der Waals surface area contributed by atoms with E-state index in [0.717, 1.165) is 51.4 Å². The normalized spacial score (nSPS) is 26.7. The van der Waals surface area contributed by atoms with Crippen LogP contribution in [-0.2, 0) is 38.0 Å². The van der Waals surface area contributed by atoms with Crippen molar-refractivity contribution in [2.45, 2.75) is 223 Å². The van der Waals surface area contributed by atoms with E-state index in [4.69, 9.17) is 28.4 Å². The maximum absolute atomic E-state index is 13.0. The molecule has 15 heteroatoms. The number of ether oxygens (including phenoxy) is 6. The van der Waals surface area contributed by atoms with Gasteiger partial charge in [-0.25, -0.2) is 0 Å². The first-order valence-corrected chi connectivity index (χ1v) is 24.9. The third-order valence-corrected chi connectivity index (χ3v) is 11.5. The number of aliphatic hydroxyl groups is 7. The fraction of sp³-hybridized carbons (Fsp3) is 0.765. The van der Waals surface area contributed by atoms with Crippen LogP contribution in [0.15, 0.2) is 60.8 Å².